The molecular formula is C13H12N4O. The fourth-order valence-corrected chi connectivity index (χ4v) is 1.78. The Morgan fingerprint density at radius 2 is 1.56 bits per heavy atom. The molecule has 90 valence electrons. The van der Waals surface area contributed by atoms with E-state index >= 15 is 0 Å². The Kier molecular flexibility index (Phi) is 2.56. The normalized spacial score (nSPS) is 22.4. The molecule has 0 spiro atoms. The van der Waals surface area contributed by atoms with Crippen LogP contribution in [-0.2, 0) is 0 Å². The molecule has 0 saturated carbocycles. The van der Waals surface area contributed by atoms with Gasteiger partial charge in [0.2, 0.25) is 6.34 Å². The lowest BCUT2D eigenvalue weighted by molar-refractivity contribution is 0.426. The number of nitrogens with one attached hydrogen (secondary N) is 1. The van der Waals surface area contributed by atoms with Gasteiger partial charge in [-0.2, -0.15) is 4.76 Å². The molecule has 2 aromatic rings. The average molecular weight is 240 g/mol. The molecule has 1 aliphatic rings. The molecule has 1 N–H and O–H groups in total. The minimum atomic E-state index is -0.796. The number of benzene rings is 2. The standard InChI is InChI=1S/C13H12N4O/c18-17(13-9-5-2-6-10-13)11-14-16(15-17)12-7-3-1-4-8-12/h1-11,15H. The fourth-order valence-electron chi connectivity index (χ4n) is 1.78. The van der Waals surface area contributed by atoms with Gasteiger partial charge in [0.15, 0.2) is 5.69 Å². The van der Waals surface area contributed by atoms with Gasteiger partial charge < -0.3 is 5.21 Å². The minimum Gasteiger partial charge on any atom is -0.599 e. The van der Waals surface area contributed by atoms with Crippen LogP contribution >= 0.6 is 0 Å². The Labute approximate surface area is 105 Å². The third-order valence-corrected chi connectivity index (χ3v) is 2.71. The van der Waals surface area contributed by atoms with Gasteiger partial charge in [-0.1, -0.05) is 36.4 Å². The smallest absolute Gasteiger partial charge is 0.235 e. The molecule has 2 aromatic carbocycles. The largest absolute Gasteiger partial charge is 0.599 e. The summed E-state index contributed by atoms with van der Waals surface area (Å²) in [5, 5.41) is 18.1. The molecule has 0 aliphatic carbocycles. The van der Waals surface area contributed by atoms with Gasteiger partial charge in [0, 0.05) is 12.1 Å². The number of anilines is 1. The SMILES string of the molecule is [O-][N+]1(c2ccccc2)C=NN(c2ccccc2)N1. The molecule has 0 aromatic heterocycles. The molecule has 3 rings (SSSR count). The van der Waals surface area contributed by atoms with Crippen molar-refractivity contribution in [2.24, 2.45) is 5.10 Å². The van der Waals surface area contributed by atoms with Crippen molar-refractivity contribution < 1.29 is 0 Å². The molecule has 1 aliphatic heterocycles. The Bertz CT molecular complexity index is 558. The lowest BCUT2D eigenvalue weighted by Gasteiger charge is -2.32. The first-order valence-corrected chi connectivity index (χ1v) is 5.61. The molecule has 5 nitrogen and oxygen atoms in total. The second-order valence-corrected chi connectivity index (χ2v) is 3.97. The van der Waals surface area contributed by atoms with E-state index in [2.05, 4.69) is 10.6 Å². The van der Waals surface area contributed by atoms with Crippen LogP contribution in [0.4, 0.5) is 11.4 Å². The predicted molar refractivity (Wildman–Crippen MR) is 72.2 cm³/mol. The number of hydrogen-bond acceptors (Lipinski definition) is 4. The van der Waals surface area contributed by atoms with Gasteiger partial charge in [-0.25, -0.2) is 0 Å². The predicted octanol–water partition coefficient (Wildman–Crippen LogP) is 2.37. The minimum absolute atomic E-state index is 0.583. The third kappa shape index (κ3) is 1.86. The summed E-state index contributed by atoms with van der Waals surface area (Å²) in [5.41, 5.74) is 4.20. The van der Waals surface area contributed by atoms with E-state index in [0.29, 0.717) is 5.69 Å². The van der Waals surface area contributed by atoms with Crippen molar-refractivity contribution in [2.45, 2.75) is 0 Å². The zero-order valence-corrected chi connectivity index (χ0v) is 9.60. The van der Waals surface area contributed by atoms with Crippen LogP contribution in [0.2, 0.25) is 0 Å². The van der Waals surface area contributed by atoms with Gasteiger partial charge in [0.05, 0.1) is 5.69 Å². The van der Waals surface area contributed by atoms with Crippen LogP contribution in [0.15, 0.2) is 65.8 Å². The first kappa shape index (κ1) is 10.9. The summed E-state index contributed by atoms with van der Waals surface area (Å²) in [6.07, 6.45) is 1.32. The summed E-state index contributed by atoms with van der Waals surface area (Å²) < 4.78 is -0.796. The van der Waals surface area contributed by atoms with E-state index in [1.165, 1.54) is 11.5 Å². The molecule has 0 bridgehead atoms. The second kappa shape index (κ2) is 4.23. The summed E-state index contributed by atoms with van der Waals surface area (Å²) in [4.78, 5) is 0. The summed E-state index contributed by atoms with van der Waals surface area (Å²) in [7, 11) is 0. The van der Waals surface area contributed by atoms with Crippen LogP contribution in [-0.4, -0.2) is 6.34 Å². The molecule has 0 saturated heterocycles. The molecule has 0 fully saturated rings. The van der Waals surface area contributed by atoms with Gasteiger partial charge in [0.25, 0.3) is 0 Å². The number of rotatable bonds is 2. The lowest BCUT2D eigenvalue weighted by atomic mass is 10.3. The summed E-state index contributed by atoms with van der Waals surface area (Å²) in [5.74, 6) is 0. The number of hydroxylamine groups is 1. The van der Waals surface area contributed by atoms with Gasteiger partial charge in [0.1, 0.15) is 0 Å². The molecule has 1 heterocycles. The van der Waals surface area contributed by atoms with Crippen molar-refractivity contribution >= 4 is 17.7 Å². The number of hydrazine groups is 1. The molecule has 0 radical (unpaired) electrons. The van der Waals surface area contributed by atoms with E-state index < -0.39 is 4.76 Å². The summed E-state index contributed by atoms with van der Waals surface area (Å²) >= 11 is 0. The first-order valence-electron chi connectivity index (χ1n) is 5.61. The zero-order valence-electron chi connectivity index (χ0n) is 9.60. The number of para-hydroxylation sites is 2. The molecule has 0 amide bonds. The number of hydrogen-bond donors (Lipinski definition) is 1. The van der Waals surface area contributed by atoms with Gasteiger partial charge in [-0.15, -0.1) is 10.2 Å². The Hall–Kier alpha value is -2.21. The number of quaternary nitrogens is 1. The van der Waals surface area contributed by atoms with E-state index in [9.17, 15) is 5.21 Å². The van der Waals surface area contributed by atoms with E-state index in [1.807, 2.05) is 48.5 Å². The van der Waals surface area contributed by atoms with E-state index in [1.54, 1.807) is 12.1 Å². The molecular weight excluding hydrogens is 228 g/mol. The van der Waals surface area contributed by atoms with E-state index in [0.717, 1.165) is 5.69 Å². The fraction of sp³-hybridized carbons (Fsp3) is 0. The molecule has 5 heteroatoms. The van der Waals surface area contributed by atoms with Gasteiger partial charge in [-0.3, -0.25) is 0 Å². The Morgan fingerprint density at radius 3 is 2.22 bits per heavy atom. The van der Waals surface area contributed by atoms with Gasteiger partial charge >= 0.3 is 0 Å². The van der Waals surface area contributed by atoms with Crippen molar-refractivity contribution in [2.75, 3.05) is 5.12 Å². The first-order chi connectivity index (χ1) is 8.78. The van der Waals surface area contributed by atoms with E-state index in [4.69, 9.17) is 0 Å². The van der Waals surface area contributed by atoms with E-state index in [-0.39, 0.29) is 0 Å². The molecule has 1 atom stereocenters. The second-order valence-electron chi connectivity index (χ2n) is 3.97. The quantitative estimate of drug-likeness (QED) is 0.647. The number of nitrogens with zero attached hydrogens (tertiary/aromatic N) is 3. The highest BCUT2D eigenvalue weighted by Crippen LogP contribution is 2.23. The molecule has 18 heavy (non-hydrogen) atoms. The molecule has 1 unspecified atom stereocenters. The maximum Gasteiger partial charge on any atom is 0.235 e. The maximum absolute atomic E-state index is 12.5. The summed E-state index contributed by atoms with van der Waals surface area (Å²) in [6.45, 7) is 0. The Morgan fingerprint density at radius 1 is 0.944 bits per heavy atom. The van der Waals surface area contributed by atoms with Crippen LogP contribution in [0.5, 0.6) is 0 Å². The number of hydrazone groups is 1. The summed E-state index contributed by atoms with van der Waals surface area (Å²) in [6, 6.07) is 18.5. The van der Waals surface area contributed by atoms with Crippen molar-refractivity contribution in [3.05, 3.63) is 65.9 Å². The van der Waals surface area contributed by atoms with Crippen LogP contribution in [0, 0.1) is 5.21 Å². The maximum atomic E-state index is 12.5. The average Bonchev–Trinajstić information content (AvgIpc) is 2.85. The van der Waals surface area contributed by atoms with Crippen molar-refractivity contribution in [1.82, 2.24) is 10.3 Å². The topological polar surface area (TPSA) is 50.7 Å². The van der Waals surface area contributed by atoms with Crippen LogP contribution in [0.1, 0.15) is 0 Å². The van der Waals surface area contributed by atoms with Crippen molar-refractivity contribution in [1.29, 1.82) is 0 Å². The highest BCUT2D eigenvalue weighted by molar-refractivity contribution is 5.76. The van der Waals surface area contributed by atoms with Crippen LogP contribution in [0.3, 0.4) is 0 Å². The van der Waals surface area contributed by atoms with Crippen molar-refractivity contribution in [3.8, 4) is 0 Å². The highest BCUT2D eigenvalue weighted by atomic mass is 16.6. The highest BCUT2D eigenvalue weighted by Gasteiger charge is 2.28. The lowest BCUT2D eigenvalue weighted by Crippen LogP contribution is -2.54. The zero-order chi connectivity index (χ0) is 12.4. The van der Waals surface area contributed by atoms with Gasteiger partial charge in [-0.05, 0) is 17.7 Å². The Balaban J connectivity index is 1.86. The van der Waals surface area contributed by atoms with Crippen LogP contribution < -0.4 is 15.4 Å². The van der Waals surface area contributed by atoms with Crippen LogP contribution in [0.25, 0.3) is 0 Å². The monoisotopic (exact) mass is 240 g/mol. The third-order valence-electron chi connectivity index (χ3n) is 2.71. The van der Waals surface area contributed by atoms with Crippen molar-refractivity contribution in [3.63, 3.8) is 0 Å².